The van der Waals surface area contributed by atoms with Gasteiger partial charge >= 0.3 is 5.97 Å². The summed E-state index contributed by atoms with van der Waals surface area (Å²) in [6.45, 7) is 1.88. The number of aromatic amines is 1. The van der Waals surface area contributed by atoms with Gasteiger partial charge in [0.25, 0.3) is 0 Å². The molecule has 2 N–H and O–H groups in total. The standard InChI is InChI=1S/C32H34N2O5S/c1-19-29(32(36)39-21-12-15-40(3,37)16-13-21)30(24-8-6-9-25-23(24)11-14-33-25)31-26(34-19)17-20(18-27(31)35)22-7-4-5-10-28(22)38-2/h4-11,14,20-21,30,33-34H,3,12-13,15-18H2,1-2H3/t20-,21?,30?,40?/m1/s1. The average Bonchev–Trinajstić information content (AvgIpc) is 3.42. The summed E-state index contributed by atoms with van der Waals surface area (Å²) in [6.07, 6.45) is 3.56. The van der Waals surface area contributed by atoms with Crippen LogP contribution in [-0.2, 0) is 23.8 Å². The summed E-state index contributed by atoms with van der Waals surface area (Å²) in [5, 5.41) is 4.41. The van der Waals surface area contributed by atoms with Crippen molar-refractivity contribution >= 4 is 38.0 Å². The molecular weight excluding hydrogens is 524 g/mol. The van der Waals surface area contributed by atoms with Gasteiger partial charge in [-0.25, -0.2) is 4.79 Å². The number of H-pyrrole nitrogens is 1. The zero-order chi connectivity index (χ0) is 28.0. The van der Waals surface area contributed by atoms with Gasteiger partial charge in [-0.15, -0.1) is 0 Å². The Morgan fingerprint density at radius 2 is 1.77 bits per heavy atom. The minimum Gasteiger partial charge on any atom is -0.496 e. The van der Waals surface area contributed by atoms with Crippen LogP contribution in [0.1, 0.15) is 55.6 Å². The second kappa shape index (κ2) is 10.3. The average molecular weight is 559 g/mol. The molecule has 7 nitrogen and oxygen atoms in total. The molecular formula is C32H34N2O5S. The fourth-order valence-electron chi connectivity index (χ4n) is 6.48. The molecule has 8 heteroatoms. The number of aromatic nitrogens is 1. The minimum absolute atomic E-state index is 0.00876. The maximum absolute atomic E-state index is 14.0. The second-order valence-corrected chi connectivity index (χ2v) is 13.8. The number of hydrogen-bond acceptors (Lipinski definition) is 6. The molecule has 1 unspecified atom stereocenters. The molecule has 1 aliphatic carbocycles. The molecule has 40 heavy (non-hydrogen) atoms. The highest BCUT2D eigenvalue weighted by Gasteiger charge is 2.43. The van der Waals surface area contributed by atoms with E-state index in [1.165, 1.54) is 0 Å². The SMILES string of the molecule is C=S1(=O)CCC(OC(=O)C2=C(C)NC3=C(C(=O)C[C@H](c4ccccc4OC)C3)C2c2cccc3[nH]ccc23)CC1. The fraction of sp³-hybridized carbons (Fsp3) is 0.344. The number of dihydropyridines is 1. The van der Waals surface area contributed by atoms with Crippen LogP contribution in [0.4, 0.5) is 0 Å². The first-order chi connectivity index (χ1) is 19.3. The van der Waals surface area contributed by atoms with Gasteiger partial charge in [-0.1, -0.05) is 30.3 Å². The molecule has 0 spiro atoms. The van der Waals surface area contributed by atoms with Crippen molar-refractivity contribution < 1.29 is 23.3 Å². The van der Waals surface area contributed by atoms with E-state index in [-0.39, 0.29) is 17.8 Å². The number of allylic oxidation sites excluding steroid dienone is 3. The van der Waals surface area contributed by atoms with Crippen LogP contribution in [0.2, 0.25) is 0 Å². The van der Waals surface area contributed by atoms with Gasteiger partial charge in [0.1, 0.15) is 11.9 Å². The molecule has 6 rings (SSSR count). The zero-order valence-corrected chi connectivity index (χ0v) is 23.6. The molecule has 1 saturated heterocycles. The van der Waals surface area contributed by atoms with Gasteiger partial charge in [0.15, 0.2) is 5.78 Å². The van der Waals surface area contributed by atoms with Crippen LogP contribution in [-0.4, -0.2) is 51.5 Å². The van der Waals surface area contributed by atoms with Crippen molar-refractivity contribution in [3.8, 4) is 5.75 Å². The van der Waals surface area contributed by atoms with E-state index in [0.717, 1.165) is 33.5 Å². The molecule has 3 aliphatic rings. The number of carbonyl (C=O) groups excluding carboxylic acids is 2. The summed E-state index contributed by atoms with van der Waals surface area (Å²) in [7, 11) is -0.449. The lowest BCUT2D eigenvalue weighted by atomic mass is 9.71. The van der Waals surface area contributed by atoms with Crippen LogP contribution in [0.5, 0.6) is 5.75 Å². The van der Waals surface area contributed by atoms with Crippen molar-refractivity contribution in [1.82, 2.24) is 10.3 Å². The summed E-state index contributed by atoms with van der Waals surface area (Å²) < 4.78 is 24.0. The number of hydrogen-bond donors (Lipinski definition) is 2. The highest BCUT2D eigenvalue weighted by Crippen LogP contribution is 2.48. The quantitative estimate of drug-likeness (QED) is 0.339. The normalized spacial score (nSPS) is 26.9. The number of benzene rings is 2. The van der Waals surface area contributed by atoms with Gasteiger partial charge in [0.05, 0.1) is 12.7 Å². The van der Waals surface area contributed by atoms with Crippen LogP contribution in [0.15, 0.2) is 77.3 Å². The van der Waals surface area contributed by atoms with E-state index in [1.54, 1.807) is 7.11 Å². The Morgan fingerprint density at radius 3 is 2.55 bits per heavy atom. The number of esters is 1. The summed E-state index contributed by atoms with van der Waals surface area (Å²) in [4.78, 5) is 31.2. The second-order valence-electron chi connectivity index (χ2n) is 11.0. The van der Waals surface area contributed by atoms with Crippen molar-refractivity contribution in [3.63, 3.8) is 0 Å². The van der Waals surface area contributed by atoms with Crippen molar-refractivity contribution in [2.45, 2.75) is 50.5 Å². The third kappa shape index (κ3) is 4.74. The van der Waals surface area contributed by atoms with E-state index in [4.69, 9.17) is 9.47 Å². The third-order valence-corrected chi connectivity index (χ3v) is 10.4. The first-order valence-corrected chi connectivity index (χ1v) is 15.8. The number of rotatable bonds is 5. The number of Topliss-reactive ketones (excluding diaryl/α,β-unsaturated/α-hetero) is 1. The van der Waals surface area contributed by atoms with Gasteiger partial charge in [0.2, 0.25) is 0 Å². The number of methoxy groups -OCH3 is 1. The number of para-hydroxylation sites is 1. The maximum Gasteiger partial charge on any atom is 0.337 e. The number of ether oxygens (including phenoxy) is 2. The monoisotopic (exact) mass is 558 g/mol. The summed E-state index contributed by atoms with van der Waals surface area (Å²) >= 11 is 0. The lowest BCUT2D eigenvalue weighted by Crippen LogP contribution is -2.37. The molecule has 0 radical (unpaired) electrons. The van der Waals surface area contributed by atoms with Crippen LogP contribution in [0.3, 0.4) is 0 Å². The van der Waals surface area contributed by atoms with Crippen molar-refractivity contribution in [2.75, 3.05) is 18.6 Å². The van der Waals surface area contributed by atoms with Crippen molar-refractivity contribution in [2.24, 2.45) is 0 Å². The van der Waals surface area contributed by atoms with E-state index in [9.17, 15) is 13.8 Å². The molecule has 0 bridgehead atoms. The molecule has 1 aromatic heterocycles. The minimum atomic E-state index is -2.10. The highest BCUT2D eigenvalue weighted by molar-refractivity contribution is 8.00. The lowest BCUT2D eigenvalue weighted by molar-refractivity contribution is -0.145. The van der Waals surface area contributed by atoms with Gasteiger partial charge in [0, 0.05) is 63.8 Å². The van der Waals surface area contributed by atoms with Crippen LogP contribution in [0, 0.1) is 0 Å². The molecule has 1 fully saturated rings. The molecule has 3 heterocycles. The van der Waals surface area contributed by atoms with Crippen LogP contribution < -0.4 is 10.1 Å². The first-order valence-electron chi connectivity index (χ1n) is 13.7. The maximum atomic E-state index is 14.0. The summed E-state index contributed by atoms with van der Waals surface area (Å²) in [5.41, 5.74) is 5.45. The van der Waals surface area contributed by atoms with E-state index >= 15 is 0 Å². The lowest BCUT2D eigenvalue weighted by Gasteiger charge is -2.37. The smallest absolute Gasteiger partial charge is 0.337 e. The van der Waals surface area contributed by atoms with E-state index in [1.807, 2.05) is 61.7 Å². The Labute approximate surface area is 234 Å². The summed E-state index contributed by atoms with van der Waals surface area (Å²) in [5.74, 6) is 4.47. The van der Waals surface area contributed by atoms with Crippen molar-refractivity contribution in [1.29, 1.82) is 0 Å². The molecule has 2 aliphatic heterocycles. The predicted molar refractivity (Wildman–Crippen MR) is 158 cm³/mol. The van der Waals surface area contributed by atoms with Crippen LogP contribution >= 0.6 is 0 Å². The molecule has 0 amide bonds. The third-order valence-electron chi connectivity index (χ3n) is 8.46. The number of ketones is 1. The molecule has 208 valence electrons. The Balaban J connectivity index is 1.41. The van der Waals surface area contributed by atoms with E-state index in [2.05, 4.69) is 16.2 Å². The molecule has 0 saturated carbocycles. The zero-order valence-electron chi connectivity index (χ0n) is 22.8. The Morgan fingerprint density at radius 1 is 1.02 bits per heavy atom. The Kier molecular flexibility index (Phi) is 6.82. The molecule has 3 aromatic rings. The predicted octanol–water partition coefficient (Wildman–Crippen LogP) is 4.96. The van der Waals surface area contributed by atoms with Gasteiger partial charge in [-0.05, 0) is 70.9 Å². The van der Waals surface area contributed by atoms with E-state index < -0.39 is 21.4 Å². The summed E-state index contributed by atoms with van der Waals surface area (Å²) in [6, 6.07) is 15.8. The van der Waals surface area contributed by atoms with Gasteiger partial charge in [-0.3, -0.25) is 9.00 Å². The number of fused-ring (bicyclic) bond motifs is 1. The number of carbonyl (C=O) groups is 2. The highest BCUT2D eigenvalue weighted by atomic mass is 32.2. The Bertz CT molecular complexity index is 1670. The topological polar surface area (TPSA) is 97.5 Å². The number of nitrogens with one attached hydrogen (secondary N) is 2. The van der Waals surface area contributed by atoms with Gasteiger partial charge in [-0.2, -0.15) is 0 Å². The Hall–Kier alpha value is -3.78. The molecule has 2 atom stereocenters. The van der Waals surface area contributed by atoms with E-state index in [0.29, 0.717) is 54.0 Å². The molecule has 2 aromatic carbocycles. The largest absolute Gasteiger partial charge is 0.496 e. The van der Waals surface area contributed by atoms with Gasteiger partial charge < -0.3 is 19.8 Å². The fourth-order valence-corrected chi connectivity index (χ4v) is 8.07. The van der Waals surface area contributed by atoms with Crippen molar-refractivity contribution in [3.05, 3.63) is 88.4 Å². The first kappa shape index (κ1) is 26.4. The van der Waals surface area contributed by atoms with Crippen LogP contribution in [0.25, 0.3) is 10.9 Å².